The van der Waals surface area contributed by atoms with Crippen LogP contribution in [0, 0.1) is 13.8 Å². The van der Waals surface area contributed by atoms with Gasteiger partial charge < -0.3 is 4.74 Å². The van der Waals surface area contributed by atoms with Gasteiger partial charge in [0, 0.05) is 5.02 Å². The summed E-state index contributed by atoms with van der Waals surface area (Å²) < 4.78 is 32.5. The van der Waals surface area contributed by atoms with Crippen molar-refractivity contribution in [3.8, 4) is 0 Å². The van der Waals surface area contributed by atoms with Gasteiger partial charge in [-0.3, -0.25) is 9.10 Å². The number of hydrogen-bond acceptors (Lipinski definition) is 4. The number of aryl methyl sites for hydroxylation is 2. The number of anilines is 1. The lowest BCUT2D eigenvalue weighted by molar-refractivity contribution is -0.145. The van der Waals surface area contributed by atoms with Crippen molar-refractivity contribution < 1.29 is 17.9 Å². The Hall–Kier alpha value is -2.05. The third-order valence-electron chi connectivity index (χ3n) is 3.68. The van der Waals surface area contributed by atoms with Crippen LogP contribution in [0.1, 0.15) is 25.0 Å². The highest BCUT2D eigenvalue weighted by Gasteiger charge is 2.28. The Kier molecular flexibility index (Phi) is 6.31. The van der Waals surface area contributed by atoms with E-state index < -0.39 is 22.5 Å². The van der Waals surface area contributed by atoms with Crippen LogP contribution in [-0.4, -0.2) is 27.0 Å². The summed E-state index contributed by atoms with van der Waals surface area (Å²) in [7, 11) is -3.94. The standard InChI is InChI=1S/C19H22ClNO4S/c1-13(2)25-19(22)12-21(16-7-10-18(20)15(4)11-16)26(23,24)17-8-5-14(3)6-9-17/h5-11,13H,12H2,1-4H3. The van der Waals surface area contributed by atoms with Crippen LogP contribution in [0.4, 0.5) is 5.69 Å². The number of carbonyl (C=O) groups excluding carboxylic acids is 1. The van der Waals surface area contributed by atoms with Gasteiger partial charge in [-0.1, -0.05) is 29.3 Å². The molecule has 2 aromatic carbocycles. The molecule has 2 rings (SSSR count). The van der Waals surface area contributed by atoms with Gasteiger partial charge >= 0.3 is 5.97 Å². The summed E-state index contributed by atoms with van der Waals surface area (Å²) in [5, 5.41) is 0.520. The Balaban J connectivity index is 2.49. The van der Waals surface area contributed by atoms with E-state index in [2.05, 4.69) is 0 Å². The van der Waals surface area contributed by atoms with E-state index in [1.54, 1.807) is 51.1 Å². The molecule has 2 aromatic rings. The van der Waals surface area contributed by atoms with Gasteiger partial charge in [0.2, 0.25) is 0 Å². The van der Waals surface area contributed by atoms with Crippen LogP contribution in [0.15, 0.2) is 47.4 Å². The van der Waals surface area contributed by atoms with Gasteiger partial charge in [0.1, 0.15) is 6.54 Å². The summed E-state index contributed by atoms with van der Waals surface area (Å²) in [5.74, 6) is -0.622. The Morgan fingerprint density at radius 1 is 1.12 bits per heavy atom. The molecular formula is C19H22ClNO4S. The zero-order valence-electron chi connectivity index (χ0n) is 15.2. The second kappa shape index (κ2) is 8.10. The number of benzene rings is 2. The first kappa shape index (κ1) is 20.3. The summed E-state index contributed by atoms with van der Waals surface area (Å²) in [6.07, 6.45) is -0.335. The van der Waals surface area contributed by atoms with Gasteiger partial charge in [0.15, 0.2) is 0 Å². The molecule has 0 atom stereocenters. The molecule has 0 spiro atoms. The van der Waals surface area contributed by atoms with E-state index in [0.717, 1.165) is 9.87 Å². The number of sulfonamides is 1. The van der Waals surface area contributed by atoms with Crippen molar-refractivity contribution in [3.05, 3.63) is 58.6 Å². The predicted octanol–water partition coefficient (Wildman–Crippen LogP) is 4.10. The number of rotatable bonds is 6. The van der Waals surface area contributed by atoms with Crippen LogP contribution in [0.3, 0.4) is 0 Å². The second-order valence-corrected chi connectivity index (χ2v) is 8.57. The molecule has 0 radical (unpaired) electrons. The quantitative estimate of drug-likeness (QED) is 0.690. The molecule has 0 aliphatic carbocycles. The first-order valence-corrected chi connectivity index (χ1v) is 9.98. The van der Waals surface area contributed by atoms with Crippen molar-refractivity contribution in [2.45, 2.75) is 38.7 Å². The topological polar surface area (TPSA) is 63.7 Å². The van der Waals surface area contributed by atoms with E-state index in [1.165, 1.54) is 12.1 Å². The largest absolute Gasteiger partial charge is 0.462 e. The smallest absolute Gasteiger partial charge is 0.327 e. The van der Waals surface area contributed by atoms with Gasteiger partial charge in [0.25, 0.3) is 10.0 Å². The fourth-order valence-corrected chi connectivity index (χ4v) is 3.87. The maximum absolute atomic E-state index is 13.1. The molecule has 0 aliphatic rings. The van der Waals surface area contributed by atoms with Crippen LogP contribution in [0.25, 0.3) is 0 Å². The van der Waals surface area contributed by atoms with Crippen molar-refractivity contribution >= 4 is 33.3 Å². The van der Waals surface area contributed by atoms with Gasteiger partial charge in [-0.15, -0.1) is 0 Å². The average Bonchev–Trinajstić information content (AvgIpc) is 2.55. The lowest BCUT2D eigenvalue weighted by Crippen LogP contribution is -2.37. The number of nitrogens with zero attached hydrogens (tertiary/aromatic N) is 1. The number of halogens is 1. The fraction of sp³-hybridized carbons (Fsp3) is 0.316. The number of carbonyl (C=O) groups is 1. The molecule has 0 amide bonds. The van der Waals surface area contributed by atoms with E-state index in [9.17, 15) is 13.2 Å². The van der Waals surface area contributed by atoms with Crippen molar-refractivity contribution in [1.82, 2.24) is 0 Å². The van der Waals surface area contributed by atoms with Gasteiger partial charge in [-0.2, -0.15) is 0 Å². The average molecular weight is 396 g/mol. The van der Waals surface area contributed by atoms with Crippen LogP contribution >= 0.6 is 11.6 Å². The number of esters is 1. The first-order valence-electron chi connectivity index (χ1n) is 8.16. The van der Waals surface area contributed by atoms with Gasteiger partial charge in [-0.25, -0.2) is 8.42 Å². The predicted molar refractivity (Wildman–Crippen MR) is 103 cm³/mol. The molecule has 0 aromatic heterocycles. The third kappa shape index (κ3) is 4.77. The molecule has 5 nitrogen and oxygen atoms in total. The Morgan fingerprint density at radius 3 is 2.27 bits per heavy atom. The Bertz CT molecular complexity index is 892. The van der Waals surface area contributed by atoms with Crippen LogP contribution in [0.5, 0.6) is 0 Å². The molecule has 0 unspecified atom stereocenters. The molecule has 26 heavy (non-hydrogen) atoms. The van der Waals surface area contributed by atoms with Crippen molar-refractivity contribution in [3.63, 3.8) is 0 Å². The molecular weight excluding hydrogens is 374 g/mol. The molecule has 140 valence electrons. The summed E-state index contributed by atoms with van der Waals surface area (Å²) in [5.41, 5.74) is 2.01. The summed E-state index contributed by atoms with van der Waals surface area (Å²) in [6.45, 7) is 6.65. The lowest BCUT2D eigenvalue weighted by Gasteiger charge is -2.24. The van der Waals surface area contributed by atoms with Gasteiger partial charge in [-0.05, 0) is 63.6 Å². The Labute approximate surface area is 159 Å². The molecule has 0 N–H and O–H groups in total. The van der Waals surface area contributed by atoms with E-state index in [0.29, 0.717) is 16.3 Å². The fourth-order valence-electron chi connectivity index (χ4n) is 2.35. The van der Waals surface area contributed by atoms with E-state index in [-0.39, 0.29) is 11.0 Å². The summed E-state index contributed by atoms with van der Waals surface area (Å²) in [6, 6.07) is 11.3. The van der Waals surface area contributed by atoms with Crippen LogP contribution in [0.2, 0.25) is 5.02 Å². The van der Waals surface area contributed by atoms with Crippen LogP contribution < -0.4 is 4.31 Å². The highest BCUT2D eigenvalue weighted by Crippen LogP contribution is 2.27. The monoisotopic (exact) mass is 395 g/mol. The summed E-state index contributed by atoms with van der Waals surface area (Å²) >= 11 is 6.05. The highest BCUT2D eigenvalue weighted by molar-refractivity contribution is 7.92. The Morgan fingerprint density at radius 2 is 1.73 bits per heavy atom. The minimum atomic E-state index is -3.94. The maximum atomic E-state index is 13.1. The molecule has 0 aliphatic heterocycles. The first-order chi connectivity index (χ1) is 12.1. The minimum Gasteiger partial charge on any atom is -0.462 e. The molecule has 0 saturated heterocycles. The summed E-state index contributed by atoms with van der Waals surface area (Å²) in [4.78, 5) is 12.3. The SMILES string of the molecule is Cc1ccc(S(=O)(=O)N(CC(=O)OC(C)C)c2ccc(Cl)c(C)c2)cc1. The zero-order chi connectivity index (χ0) is 19.5. The van der Waals surface area contributed by atoms with Crippen molar-refractivity contribution in [1.29, 1.82) is 0 Å². The second-order valence-electron chi connectivity index (χ2n) is 6.30. The third-order valence-corrected chi connectivity index (χ3v) is 5.89. The number of ether oxygens (including phenoxy) is 1. The molecule has 0 saturated carbocycles. The minimum absolute atomic E-state index is 0.105. The zero-order valence-corrected chi connectivity index (χ0v) is 16.8. The van der Waals surface area contributed by atoms with Gasteiger partial charge in [0.05, 0.1) is 16.7 Å². The van der Waals surface area contributed by atoms with Crippen LogP contribution in [-0.2, 0) is 19.6 Å². The highest BCUT2D eigenvalue weighted by atomic mass is 35.5. The van der Waals surface area contributed by atoms with Crippen molar-refractivity contribution in [2.24, 2.45) is 0 Å². The normalized spacial score (nSPS) is 11.5. The maximum Gasteiger partial charge on any atom is 0.327 e. The number of hydrogen-bond donors (Lipinski definition) is 0. The van der Waals surface area contributed by atoms with E-state index in [4.69, 9.17) is 16.3 Å². The lowest BCUT2D eigenvalue weighted by atomic mass is 10.2. The molecule has 0 fully saturated rings. The van der Waals surface area contributed by atoms with E-state index in [1.807, 2.05) is 6.92 Å². The molecule has 0 bridgehead atoms. The molecule has 7 heteroatoms. The molecule has 0 heterocycles. The van der Waals surface area contributed by atoms with E-state index >= 15 is 0 Å². The van der Waals surface area contributed by atoms with Crippen molar-refractivity contribution in [2.75, 3.05) is 10.8 Å².